The number of thiazole rings is 1. The van der Waals surface area contributed by atoms with E-state index in [0.29, 0.717) is 30.7 Å². The molecule has 208 valence electrons. The number of hydrogen-bond acceptors (Lipinski definition) is 8. The van der Waals surface area contributed by atoms with E-state index in [9.17, 15) is 19.8 Å². The molecule has 0 saturated carbocycles. The molecule has 1 aromatic carbocycles. The van der Waals surface area contributed by atoms with Gasteiger partial charge in [-0.05, 0) is 63.1 Å². The van der Waals surface area contributed by atoms with Crippen molar-refractivity contribution in [3.8, 4) is 0 Å². The molecule has 0 radical (unpaired) electrons. The van der Waals surface area contributed by atoms with Gasteiger partial charge in [-0.15, -0.1) is 17.9 Å². The zero-order chi connectivity index (χ0) is 27.9. The molecule has 4 rings (SSSR count). The lowest BCUT2D eigenvalue weighted by molar-refractivity contribution is -0.171. The number of nitrogens with zero attached hydrogens (tertiary/aromatic N) is 1. The molecule has 1 aromatic heterocycles. The number of benzene rings is 1. The Hall–Kier alpha value is -2.13. The SMILES string of the molecule is C=CCC1CC(C)CCCC2(C)OC2(O)C(O)C(c2ccc3sc(C)nc3c2)OC(=O)CCC(C)(C)C1=O. The number of epoxide rings is 1. The Bertz CT molecular complexity index is 1210. The normalized spacial score (nSPS) is 34.9. The summed E-state index contributed by atoms with van der Waals surface area (Å²) >= 11 is 1.55. The number of allylic oxidation sites excluding steroid dienone is 1. The van der Waals surface area contributed by atoms with Crippen molar-refractivity contribution in [1.82, 2.24) is 4.98 Å². The number of fused-ring (bicyclic) bond motifs is 2. The zero-order valence-corrected chi connectivity index (χ0v) is 24.0. The Morgan fingerprint density at radius 3 is 2.68 bits per heavy atom. The highest BCUT2D eigenvalue weighted by molar-refractivity contribution is 7.18. The fraction of sp³-hybridized carbons (Fsp3) is 0.633. The van der Waals surface area contributed by atoms with E-state index in [1.54, 1.807) is 36.5 Å². The molecule has 2 aromatic rings. The number of aryl methyl sites for hydroxylation is 1. The van der Waals surface area contributed by atoms with Crippen molar-refractivity contribution in [1.29, 1.82) is 0 Å². The summed E-state index contributed by atoms with van der Waals surface area (Å²) in [5.41, 5.74) is -0.412. The molecule has 6 unspecified atom stereocenters. The minimum absolute atomic E-state index is 0.00687. The molecule has 2 saturated heterocycles. The van der Waals surface area contributed by atoms with Crippen molar-refractivity contribution in [3.63, 3.8) is 0 Å². The molecule has 2 aliphatic heterocycles. The number of esters is 1. The van der Waals surface area contributed by atoms with E-state index in [2.05, 4.69) is 18.5 Å². The second kappa shape index (κ2) is 10.8. The third kappa shape index (κ3) is 5.74. The first-order chi connectivity index (χ1) is 17.8. The van der Waals surface area contributed by atoms with Gasteiger partial charge in [-0.1, -0.05) is 45.8 Å². The van der Waals surface area contributed by atoms with Crippen LogP contribution in [0, 0.1) is 24.2 Å². The van der Waals surface area contributed by atoms with Crippen molar-refractivity contribution in [2.75, 3.05) is 0 Å². The standard InChI is InChI=1S/C30H41NO6S/c1-7-9-21-16-18(2)10-8-14-29(6)30(35,37-29)27(34)25(36-24(32)13-15-28(4,5)26(21)33)20-11-12-23-22(17-20)31-19(3)38-23/h7,11-12,17-18,21,25,27,34-35H,1,8-10,13-16H2,2-6H3. The lowest BCUT2D eigenvalue weighted by atomic mass is 9.74. The molecule has 2 aliphatic rings. The molecule has 2 N–H and O–H groups in total. The minimum atomic E-state index is -1.84. The number of ketones is 1. The van der Waals surface area contributed by atoms with Gasteiger partial charge in [0.15, 0.2) is 12.2 Å². The predicted molar refractivity (Wildman–Crippen MR) is 148 cm³/mol. The van der Waals surface area contributed by atoms with Crippen LogP contribution in [0.5, 0.6) is 0 Å². The van der Waals surface area contributed by atoms with Crippen LogP contribution in [0.3, 0.4) is 0 Å². The van der Waals surface area contributed by atoms with Crippen LogP contribution in [0.4, 0.5) is 0 Å². The summed E-state index contributed by atoms with van der Waals surface area (Å²) in [6, 6.07) is 5.46. The second-order valence-corrected chi connectivity index (χ2v) is 13.3. The minimum Gasteiger partial charge on any atom is -0.454 e. The smallest absolute Gasteiger partial charge is 0.306 e. The zero-order valence-electron chi connectivity index (χ0n) is 23.2. The second-order valence-electron chi connectivity index (χ2n) is 12.0. The van der Waals surface area contributed by atoms with Crippen molar-refractivity contribution in [2.45, 2.75) is 103 Å². The number of aliphatic hydroxyl groups excluding tert-OH is 1. The maximum absolute atomic E-state index is 13.5. The van der Waals surface area contributed by atoms with Crippen LogP contribution in [-0.2, 0) is 19.1 Å². The van der Waals surface area contributed by atoms with Gasteiger partial charge in [0.25, 0.3) is 0 Å². The van der Waals surface area contributed by atoms with E-state index in [1.807, 2.05) is 26.8 Å². The number of ether oxygens (including phenoxy) is 2. The molecule has 38 heavy (non-hydrogen) atoms. The van der Waals surface area contributed by atoms with E-state index in [4.69, 9.17) is 9.47 Å². The van der Waals surface area contributed by atoms with Gasteiger partial charge in [-0.2, -0.15) is 0 Å². The van der Waals surface area contributed by atoms with E-state index in [0.717, 1.165) is 34.5 Å². The average molecular weight is 544 g/mol. The Labute approximate surface area is 229 Å². The first-order valence-corrected chi connectivity index (χ1v) is 14.4. The summed E-state index contributed by atoms with van der Waals surface area (Å²) in [4.78, 5) is 31.2. The van der Waals surface area contributed by atoms with Crippen LogP contribution >= 0.6 is 11.3 Å². The Kier molecular flexibility index (Phi) is 8.20. The lowest BCUT2D eigenvalue weighted by Crippen LogP contribution is -2.42. The van der Waals surface area contributed by atoms with Crippen LogP contribution in [0.25, 0.3) is 10.2 Å². The number of aliphatic hydroxyl groups is 2. The van der Waals surface area contributed by atoms with Crippen molar-refractivity contribution in [3.05, 3.63) is 41.4 Å². The van der Waals surface area contributed by atoms with E-state index in [-0.39, 0.29) is 18.1 Å². The van der Waals surface area contributed by atoms with Gasteiger partial charge in [0, 0.05) is 17.8 Å². The van der Waals surface area contributed by atoms with Gasteiger partial charge < -0.3 is 19.7 Å². The highest BCUT2D eigenvalue weighted by Gasteiger charge is 2.71. The molecule has 0 spiro atoms. The quantitative estimate of drug-likeness (QED) is 0.286. The Morgan fingerprint density at radius 2 is 1.97 bits per heavy atom. The molecular formula is C30H41NO6S. The van der Waals surface area contributed by atoms with Gasteiger partial charge >= 0.3 is 5.97 Å². The largest absolute Gasteiger partial charge is 0.454 e. The fourth-order valence-electron chi connectivity index (χ4n) is 5.87. The number of rotatable bonds is 3. The van der Waals surface area contributed by atoms with Crippen molar-refractivity contribution in [2.24, 2.45) is 17.3 Å². The predicted octanol–water partition coefficient (Wildman–Crippen LogP) is 5.81. The summed E-state index contributed by atoms with van der Waals surface area (Å²) in [7, 11) is 0. The van der Waals surface area contributed by atoms with Crippen LogP contribution in [0.2, 0.25) is 0 Å². The number of cyclic esters (lactones) is 1. The van der Waals surface area contributed by atoms with Crippen molar-refractivity contribution >= 4 is 33.3 Å². The Morgan fingerprint density at radius 1 is 1.24 bits per heavy atom. The number of Topliss-reactive ketones (excluding diaryl/α,β-unsaturated/α-hetero) is 1. The van der Waals surface area contributed by atoms with Gasteiger partial charge in [0.1, 0.15) is 11.4 Å². The average Bonchev–Trinajstić information content (AvgIpc) is 3.21. The van der Waals surface area contributed by atoms with Gasteiger partial charge in [0.05, 0.1) is 15.2 Å². The maximum Gasteiger partial charge on any atom is 0.306 e. The number of carbonyl (C=O) groups excluding carboxylic acids is 2. The van der Waals surface area contributed by atoms with E-state index in [1.165, 1.54) is 0 Å². The number of hydrogen-bond donors (Lipinski definition) is 2. The third-order valence-corrected chi connectivity index (χ3v) is 9.32. The monoisotopic (exact) mass is 543 g/mol. The summed E-state index contributed by atoms with van der Waals surface area (Å²) in [5, 5.41) is 23.7. The van der Waals surface area contributed by atoms with E-state index >= 15 is 0 Å². The highest BCUT2D eigenvalue weighted by Crippen LogP contribution is 2.54. The summed E-state index contributed by atoms with van der Waals surface area (Å²) in [6.45, 7) is 13.4. The van der Waals surface area contributed by atoms with Gasteiger partial charge in [-0.3, -0.25) is 9.59 Å². The van der Waals surface area contributed by atoms with E-state index < -0.39 is 35.0 Å². The summed E-state index contributed by atoms with van der Waals surface area (Å²) in [6.07, 6.45) is 2.97. The first kappa shape index (κ1) is 28.9. The molecule has 0 amide bonds. The van der Waals surface area contributed by atoms with Crippen LogP contribution in [-0.4, -0.2) is 44.4 Å². The van der Waals surface area contributed by atoms with Gasteiger partial charge in [0.2, 0.25) is 5.79 Å². The molecule has 2 fully saturated rings. The fourth-order valence-corrected chi connectivity index (χ4v) is 6.68. The molecule has 7 nitrogen and oxygen atoms in total. The maximum atomic E-state index is 13.5. The Balaban J connectivity index is 1.66. The number of aromatic nitrogens is 1. The van der Waals surface area contributed by atoms with Crippen LogP contribution in [0.1, 0.15) is 89.3 Å². The topological polar surface area (TPSA) is 109 Å². The van der Waals surface area contributed by atoms with Crippen molar-refractivity contribution < 1.29 is 29.3 Å². The number of carbonyl (C=O) groups is 2. The third-order valence-electron chi connectivity index (χ3n) is 8.37. The molecule has 6 atom stereocenters. The van der Waals surface area contributed by atoms with Gasteiger partial charge in [-0.25, -0.2) is 4.98 Å². The van der Waals surface area contributed by atoms with Crippen LogP contribution in [0.15, 0.2) is 30.9 Å². The lowest BCUT2D eigenvalue weighted by Gasteiger charge is -2.31. The van der Waals surface area contributed by atoms with Crippen LogP contribution < -0.4 is 0 Å². The molecule has 0 aliphatic carbocycles. The first-order valence-electron chi connectivity index (χ1n) is 13.6. The molecule has 8 heteroatoms. The molecule has 3 heterocycles. The highest BCUT2D eigenvalue weighted by atomic mass is 32.1. The molecular weight excluding hydrogens is 502 g/mol. The summed E-state index contributed by atoms with van der Waals surface area (Å²) in [5.74, 6) is -2.12. The summed E-state index contributed by atoms with van der Waals surface area (Å²) < 4.78 is 12.6. The molecule has 0 bridgehead atoms.